The monoisotopic (exact) mass is 292 g/mol. The molecule has 2 rings (SSSR count). The minimum absolute atomic E-state index is 0.0172. The van der Waals surface area contributed by atoms with Gasteiger partial charge in [0.15, 0.2) is 0 Å². The molecule has 1 unspecified atom stereocenters. The highest BCUT2D eigenvalue weighted by Crippen LogP contribution is 2.27. The molecule has 0 bridgehead atoms. The van der Waals surface area contributed by atoms with Crippen LogP contribution in [0.25, 0.3) is 0 Å². The van der Waals surface area contributed by atoms with Crippen LogP contribution in [-0.2, 0) is 12.0 Å². The Bertz CT molecular complexity index is 572. The van der Waals surface area contributed by atoms with Crippen molar-refractivity contribution < 1.29 is 4.39 Å². The maximum Gasteiger partial charge on any atom is 0.127 e. The van der Waals surface area contributed by atoms with Gasteiger partial charge in [0.25, 0.3) is 0 Å². The highest BCUT2D eigenvalue weighted by atomic mass is 32.1. The predicted octanol–water partition coefficient (Wildman–Crippen LogP) is 4.43. The van der Waals surface area contributed by atoms with Gasteiger partial charge in [-0.15, -0.1) is 11.3 Å². The van der Waals surface area contributed by atoms with Crippen LogP contribution in [0.2, 0.25) is 0 Å². The van der Waals surface area contributed by atoms with E-state index in [1.54, 1.807) is 17.4 Å². The normalized spacial score (nSPS) is 13.4. The topological polar surface area (TPSA) is 24.9 Å². The Hall–Kier alpha value is -1.26. The van der Waals surface area contributed by atoms with E-state index in [0.717, 1.165) is 5.01 Å². The minimum atomic E-state index is -0.160. The van der Waals surface area contributed by atoms with Gasteiger partial charge in [0, 0.05) is 34.6 Å². The summed E-state index contributed by atoms with van der Waals surface area (Å²) < 4.78 is 13.7. The molecular formula is C16H21FN2S. The number of benzene rings is 1. The van der Waals surface area contributed by atoms with Gasteiger partial charge in [-0.2, -0.15) is 0 Å². The van der Waals surface area contributed by atoms with Crippen LogP contribution in [-0.4, -0.2) is 4.98 Å². The van der Waals surface area contributed by atoms with E-state index in [9.17, 15) is 4.39 Å². The number of halogens is 1. The van der Waals surface area contributed by atoms with Crippen LogP contribution in [0.1, 0.15) is 49.2 Å². The molecule has 0 aliphatic heterocycles. The van der Waals surface area contributed by atoms with E-state index < -0.39 is 0 Å². The number of nitrogens with zero attached hydrogens (tertiary/aromatic N) is 1. The molecule has 1 atom stereocenters. The summed E-state index contributed by atoms with van der Waals surface area (Å²) >= 11 is 1.71. The van der Waals surface area contributed by atoms with E-state index >= 15 is 0 Å². The van der Waals surface area contributed by atoms with Crippen molar-refractivity contribution in [2.24, 2.45) is 0 Å². The minimum Gasteiger partial charge on any atom is -0.305 e. The van der Waals surface area contributed by atoms with Crippen molar-refractivity contribution in [1.82, 2.24) is 10.3 Å². The lowest BCUT2D eigenvalue weighted by Crippen LogP contribution is -2.18. The molecule has 0 saturated carbocycles. The predicted molar refractivity (Wildman–Crippen MR) is 82.5 cm³/mol. The fourth-order valence-corrected chi connectivity index (χ4v) is 2.85. The van der Waals surface area contributed by atoms with Crippen LogP contribution in [0.3, 0.4) is 0 Å². The molecule has 0 radical (unpaired) electrons. The van der Waals surface area contributed by atoms with E-state index in [-0.39, 0.29) is 17.3 Å². The molecule has 1 aromatic carbocycles. The highest BCUT2D eigenvalue weighted by Gasteiger charge is 2.18. The standard InChI is InChI=1S/C16H21FN2S/c1-11(13-7-5-6-8-14(13)17)18-9-12-10-19-15(20-12)16(2,3)4/h5-8,10-11,18H,9H2,1-4H3. The second-order valence-corrected chi connectivity index (χ2v) is 7.12. The molecule has 4 heteroatoms. The Morgan fingerprint density at radius 1 is 1.30 bits per heavy atom. The van der Waals surface area contributed by atoms with Crippen LogP contribution in [0.15, 0.2) is 30.5 Å². The molecule has 1 heterocycles. The molecule has 0 saturated heterocycles. The summed E-state index contributed by atoms with van der Waals surface area (Å²) in [4.78, 5) is 5.64. The molecule has 0 aliphatic carbocycles. The van der Waals surface area contributed by atoms with Gasteiger partial charge in [-0.1, -0.05) is 39.0 Å². The first-order chi connectivity index (χ1) is 9.38. The van der Waals surface area contributed by atoms with Crippen molar-refractivity contribution in [2.45, 2.75) is 45.7 Å². The first kappa shape index (κ1) is 15.1. The van der Waals surface area contributed by atoms with Gasteiger partial charge < -0.3 is 5.32 Å². The van der Waals surface area contributed by atoms with E-state index in [1.165, 1.54) is 10.9 Å². The molecule has 2 nitrogen and oxygen atoms in total. The molecule has 108 valence electrons. The van der Waals surface area contributed by atoms with Gasteiger partial charge in [0.2, 0.25) is 0 Å². The lowest BCUT2D eigenvalue weighted by Gasteiger charge is -2.15. The van der Waals surface area contributed by atoms with Crippen LogP contribution < -0.4 is 5.32 Å². The fraction of sp³-hybridized carbons (Fsp3) is 0.438. The zero-order valence-corrected chi connectivity index (χ0v) is 13.2. The van der Waals surface area contributed by atoms with Gasteiger partial charge >= 0.3 is 0 Å². The van der Waals surface area contributed by atoms with E-state index in [0.29, 0.717) is 12.1 Å². The first-order valence-electron chi connectivity index (χ1n) is 6.81. The summed E-state index contributed by atoms with van der Waals surface area (Å²) in [5.41, 5.74) is 0.785. The Kier molecular flexibility index (Phi) is 4.55. The van der Waals surface area contributed by atoms with Gasteiger partial charge in [-0.25, -0.2) is 9.37 Å². The molecule has 2 aromatic rings. The van der Waals surface area contributed by atoms with Crippen LogP contribution in [0.4, 0.5) is 4.39 Å². The summed E-state index contributed by atoms with van der Waals surface area (Å²) in [6.45, 7) is 9.16. The molecule has 0 amide bonds. The molecule has 1 aromatic heterocycles. The van der Waals surface area contributed by atoms with E-state index in [4.69, 9.17) is 0 Å². The zero-order chi connectivity index (χ0) is 14.8. The van der Waals surface area contributed by atoms with Crippen LogP contribution >= 0.6 is 11.3 Å². The quantitative estimate of drug-likeness (QED) is 0.901. The number of thiazole rings is 1. The number of hydrogen-bond acceptors (Lipinski definition) is 3. The van der Waals surface area contributed by atoms with Gasteiger partial charge in [-0.05, 0) is 13.0 Å². The second kappa shape index (κ2) is 6.02. The summed E-state index contributed by atoms with van der Waals surface area (Å²) in [6, 6.07) is 6.88. The summed E-state index contributed by atoms with van der Waals surface area (Å²) in [5, 5.41) is 4.48. The van der Waals surface area contributed by atoms with E-state index in [1.807, 2.05) is 25.3 Å². The summed E-state index contributed by atoms with van der Waals surface area (Å²) in [7, 11) is 0. The molecule has 0 spiro atoms. The molecule has 20 heavy (non-hydrogen) atoms. The van der Waals surface area contributed by atoms with Crippen LogP contribution in [0, 0.1) is 5.82 Å². The van der Waals surface area contributed by atoms with Crippen LogP contribution in [0.5, 0.6) is 0 Å². The van der Waals surface area contributed by atoms with Gasteiger partial charge in [0.05, 0.1) is 5.01 Å². The number of hydrogen-bond donors (Lipinski definition) is 1. The van der Waals surface area contributed by atoms with Crippen molar-refractivity contribution in [3.63, 3.8) is 0 Å². The third kappa shape index (κ3) is 3.64. The molecule has 1 N–H and O–H groups in total. The maximum atomic E-state index is 13.7. The first-order valence-corrected chi connectivity index (χ1v) is 7.62. The molecule has 0 fully saturated rings. The average Bonchev–Trinajstić information content (AvgIpc) is 2.85. The largest absolute Gasteiger partial charge is 0.305 e. The van der Waals surface area contributed by atoms with Gasteiger partial charge in [0.1, 0.15) is 5.82 Å². The lowest BCUT2D eigenvalue weighted by molar-refractivity contribution is 0.530. The highest BCUT2D eigenvalue weighted by molar-refractivity contribution is 7.11. The Labute approximate surface area is 124 Å². The van der Waals surface area contributed by atoms with Crippen molar-refractivity contribution >= 4 is 11.3 Å². The number of aromatic nitrogens is 1. The smallest absolute Gasteiger partial charge is 0.127 e. The third-order valence-corrected chi connectivity index (χ3v) is 4.57. The van der Waals surface area contributed by atoms with Crippen molar-refractivity contribution in [3.8, 4) is 0 Å². The SMILES string of the molecule is CC(NCc1cnc(C(C)(C)C)s1)c1ccccc1F. The van der Waals surface area contributed by atoms with E-state index in [2.05, 4.69) is 31.1 Å². The van der Waals surface area contributed by atoms with Crippen molar-refractivity contribution in [3.05, 3.63) is 51.7 Å². The number of rotatable bonds is 4. The lowest BCUT2D eigenvalue weighted by atomic mass is 9.98. The third-order valence-electron chi connectivity index (χ3n) is 3.15. The Balaban J connectivity index is 1.99. The summed E-state index contributed by atoms with van der Waals surface area (Å²) in [6.07, 6.45) is 1.91. The fourth-order valence-electron chi connectivity index (χ4n) is 1.93. The maximum absolute atomic E-state index is 13.7. The molecule has 0 aliphatic rings. The second-order valence-electron chi connectivity index (χ2n) is 6.01. The molecular weight excluding hydrogens is 271 g/mol. The van der Waals surface area contributed by atoms with Crippen molar-refractivity contribution in [2.75, 3.05) is 0 Å². The zero-order valence-electron chi connectivity index (χ0n) is 12.4. The summed E-state index contributed by atoms with van der Waals surface area (Å²) in [5.74, 6) is -0.160. The average molecular weight is 292 g/mol. The van der Waals surface area contributed by atoms with Gasteiger partial charge in [-0.3, -0.25) is 0 Å². The Morgan fingerprint density at radius 2 is 2.00 bits per heavy atom. The van der Waals surface area contributed by atoms with Crippen molar-refractivity contribution in [1.29, 1.82) is 0 Å². The number of nitrogens with one attached hydrogen (secondary N) is 1. The Morgan fingerprint density at radius 3 is 2.60 bits per heavy atom.